The summed E-state index contributed by atoms with van der Waals surface area (Å²) in [6, 6.07) is 22.9. The van der Waals surface area contributed by atoms with Gasteiger partial charge in [0.1, 0.15) is 5.52 Å². The normalized spacial score (nSPS) is 12.4. The van der Waals surface area contributed by atoms with Crippen molar-refractivity contribution in [2.45, 2.75) is 6.04 Å². The molecule has 0 N–H and O–H groups in total. The molecule has 6 aromatic rings. The predicted octanol–water partition coefficient (Wildman–Crippen LogP) is 5.83. The van der Waals surface area contributed by atoms with Crippen molar-refractivity contribution >= 4 is 33.6 Å². The summed E-state index contributed by atoms with van der Waals surface area (Å²) >= 11 is 6.15. The summed E-state index contributed by atoms with van der Waals surface area (Å²) in [5.41, 5.74) is 4.87. The highest BCUT2D eigenvalue weighted by molar-refractivity contribution is 6.30. The lowest BCUT2D eigenvalue weighted by molar-refractivity contribution is 0.620. The lowest BCUT2D eigenvalue weighted by Crippen LogP contribution is -2.17. The molecule has 0 aliphatic heterocycles. The van der Waals surface area contributed by atoms with E-state index in [4.69, 9.17) is 16.0 Å². The second kappa shape index (κ2) is 8.01. The highest BCUT2D eigenvalue weighted by atomic mass is 35.5. The Balaban J connectivity index is 1.60. The number of para-hydroxylation sites is 2. The summed E-state index contributed by atoms with van der Waals surface area (Å²) in [6.45, 7) is 0. The third kappa shape index (κ3) is 3.40. The molecule has 6 nitrogen and oxygen atoms in total. The first-order valence-electron chi connectivity index (χ1n) is 10.8. The average Bonchev–Trinajstić information content (AvgIpc) is 3.53. The van der Waals surface area contributed by atoms with Crippen LogP contribution in [0, 0.1) is 0 Å². The van der Waals surface area contributed by atoms with Gasteiger partial charge in [-0.3, -0.25) is 4.79 Å². The second-order valence-electron chi connectivity index (χ2n) is 8.18. The molecule has 3 heterocycles. The maximum absolute atomic E-state index is 12.8. The van der Waals surface area contributed by atoms with Crippen molar-refractivity contribution in [2.24, 2.45) is 7.05 Å². The van der Waals surface area contributed by atoms with E-state index in [1.807, 2.05) is 71.4 Å². The number of hydrogen-bond donors (Lipinski definition) is 0. The van der Waals surface area contributed by atoms with Gasteiger partial charge >= 0.3 is 0 Å². The summed E-state index contributed by atoms with van der Waals surface area (Å²) in [7, 11) is 1.77. The summed E-state index contributed by atoms with van der Waals surface area (Å²) < 4.78 is 9.72. The Bertz CT molecular complexity index is 1670. The number of halogens is 1. The summed E-state index contributed by atoms with van der Waals surface area (Å²) in [6.07, 6.45) is 5.50. The van der Waals surface area contributed by atoms with Crippen LogP contribution >= 0.6 is 11.6 Å². The molecule has 166 valence electrons. The van der Waals surface area contributed by atoms with E-state index >= 15 is 0 Å². The van der Waals surface area contributed by atoms with E-state index in [2.05, 4.69) is 16.0 Å². The highest BCUT2D eigenvalue weighted by Crippen LogP contribution is 2.34. The number of hydrogen-bond acceptors (Lipinski definition) is 4. The van der Waals surface area contributed by atoms with Gasteiger partial charge < -0.3 is 13.6 Å². The molecule has 1 atom stereocenters. The van der Waals surface area contributed by atoms with Crippen LogP contribution in [0.4, 0.5) is 0 Å². The second-order valence-corrected chi connectivity index (χ2v) is 8.62. The van der Waals surface area contributed by atoms with E-state index in [0.29, 0.717) is 22.1 Å². The minimum atomic E-state index is -0.127. The van der Waals surface area contributed by atoms with Crippen molar-refractivity contribution in [1.29, 1.82) is 0 Å². The average molecular weight is 467 g/mol. The Morgan fingerprint density at radius 3 is 2.53 bits per heavy atom. The number of benzene rings is 3. The van der Waals surface area contributed by atoms with Crippen molar-refractivity contribution in [1.82, 2.24) is 19.1 Å². The van der Waals surface area contributed by atoms with Crippen molar-refractivity contribution in [3.8, 4) is 11.5 Å². The van der Waals surface area contributed by atoms with Gasteiger partial charge in [0.25, 0.3) is 5.56 Å². The monoisotopic (exact) mass is 466 g/mol. The van der Waals surface area contributed by atoms with Crippen LogP contribution in [0.5, 0.6) is 0 Å². The third-order valence-corrected chi connectivity index (χ3v) is 6.37. The molecule has 0 aliphatic rings. The molecule has 0 radical (unpaired) electrons. The topological polar surface area (TPSA) is 65.8 Å². The van der Waals surface area contributed by atoms with Gasteiger partial charge in [0.15, 0.2) is 5.58 Å². The van der Waals surface area contributed by atoms with Crippen LogP contribution in [0.15, 0.2) is 101 Å². The lowest BCUT2D eigenvalue weighted by Gasteiger charge is -2.21. The van der Waals surface area contributed by atoms with Crippen molar-refractivity contribution in [3.05, 3.63) is 118 Å². The minimum absolute atomic E-state index is 0.124. The highest BCUT2D eigenvalue weighted by Gasteiger charge is 2.20. The first kappa shape index (κ1) is 20.4. The molecule has 0 amide bonds. The first-order valence-corrected chi connectivity index (χ1v) is 11.2. The SMILES string of the molecule is Cn1c(=O)cc(-c2nc3ccccc3o2)c2cc(C(c3ccc(Cl)cc3)n3ccnc3)ccc21. The lowest BCUT2D eigenvalue weighted by atomic mass is 9.95. The van der Waals surface area contributed by atoms with Crippen LogP contribution in [0.2, 0.25) is 5.02 Å². The van der Waals surface area contributed by atoms with Crippen LogP contribution in [-0.2, 0) is 7.05 Å². The van der Waals surface area contributed by atoms with Crippen molar-refractivity contribution < 1.29 is 4.42 Å². The number of aryl methyl sites for hydroxylation is 1. The molecule has 3 aromatic carbocycles. The van der Waals surface area contributed by atoms with Crippen LogP contribution in [-0.4, -0.2) is 19.1 Å². The van der Waals surface area contributed by atoms with Gasteiger partial charge in [-0.1, -0.05) is 41.9 Å². The summed E-state index contributed by atoms with van der Waals surface area (Å²) in [5.74, 6) is 0.423. The maximum Gasteiger partial charge on any atom is 0.251 e. The smallest absolute Gasteiger partial charge is 0.251 e. The molecular weight excluding hydrogens is 448 g/mol. The molecule has 0 fully saturated rings. The number of pyridine rings is 1. The number of rotatable bonds is 4. The summed E-state index contributed by atoms with van der Waals surface area (Å²) in [4.78, 5) is 21.7. The molecule has 0 aliphatic carbocycles. The standard InChI is InChI=1S/C27H19ClN4O2/c1-31-23-11-8-18(26(32-13-12-29-16-32)17-6-9-19(28)10-7-17)14-20(23)21(15-25(31)33)27-30-22-4-2-3-5-24(22)34-27/h2-16,26H,1H3. The molecule has 0 spiro atoms. The van der Waals surface area contributed by atoms with Gasteiger partial charge in [0.2, 0.25) is 5.89 Å². The molecule has 0 bridgehead atoms. The Labute approximate surface area is 199 Å². The molecule has 0 saturated carbocycles. The quantitative estimate of drug-likeness (QED) is 0.327. The Morgan fingerprint density at radius 1 is 0.971 bits per heavy atom. The van der Waals surface area contributed by atoms with Crippen LogP contribution < -0.4 is 5.56 Å². The van der Waals surface area contributed by atoms with Gasteiger partial charge in [0.05, 0.1) is 23.4 Å². The minimum Gasteiger partial charge on any atom is -0.436 e. The number of aromatic nitrogens is 4. The number of fused-ring (bicyclic) bond motifs is 2. The molecule has 34 heavy (non-hydrogen) atoms. The fraction of sp³-hybridized carbons (Fsp3) is 0.0741. The van der Waals surface area contributed by atoms with E-state index in [9.17, 15) is 4.79 Å². The zero-order valence-corrected chi connectivity index (χ0v) is 19.0. The van der Waals surface area contributed by atoms with E-state index in [1.165, 1.54) is 0 Å². The van der Waals surface area contributed by atoms with E-state index in [1.54, 1.807) is 30.2 Å². The van der Waals surface area contributed by atoms with E-state index in [0.717, 1.165) is 27.5 Å². The van der Waals surface area contributed by atoms with Gasteiger partial charge in [-0.2, -0.15) is 0 Å². The number of oxazole rings is 1. The number of nitrogens with zero attached hydrogens (tertiary/aromatic N) is 4. The van der Waals surface area contributed by atoms with Crippen molar-refractivity contribution in [2.75, 3.05) is 0 Å². The van der Waals surface area contributed by atoms with Crippen molar-refractivity contribution in [3.63, 3.8) is 0 Å². The fourth-order valence-corrected chi connectivity index (χ4v) is 4.54. The Hall–Kier alpha value is -4.16. The molecular formula is C27H19ClN4O2. The number of imidazole rings is 1. The van der Waals surface area contributed by atoms with Gasteiger partial charge in [-0.15, -0.1) is 0 Å². The molecule has 7 heteroatoms. The van der Waals surface area contributed by atoms with E-state index < -0.39 is 0 Å². The molecule has 6 rings (SSSR count). The molecule has 3 aromatic heterocycles. The first-order chi connectivity index (χ1) is 16.6. The fourth-order valence-electron chi connectivity index (χ4n) is 4.42. The van der Waals surface area contributed by atoms with Gasteiger partial charge in [-0.25, -0.2) is 9.97 Å². The van der Waals surface area contributed by atoms with Crippen LogP contribution in [0.1, 0.15) is 17.2 Å². The van der Waals surface area contributed by atoms with Gasteiger partial charge in [0, 0.05) is 35.9 Å². The Morgan fingerprint density at radius 2 is 1.76 bits per heavy atom. The Kier molecular flexibility index (Phi) is 4.81. The van der Waals surface area contributed by atoms with Crippen LogP contribution in [0.3, 0.4) is 0 Å². The van der Waals surface area contributed by atoms with Crippen LogP contribution in [0.25, 0.3) is 33.5 Å². The molecule has 1 unspecified atom stereocenters. The third-order valence-electron chi connectivity index (χ3n) is 6.12. The predicted molar refractivity (Wildman–Crippen MR) is 133 cm³/mol. The largest absolute Gasteiger partial charge is 0.436 e. The van der Waals surface area contributed by atoms with Gasteiger partial charge in [-0.05, 0) is 47.5 Å². The zero-order valence-electron chi connectivity index (χ0n) is 18.2. The maximum atomic E-state index is 12.8. The molecule has 0 saturated heterocycles. The van der Waals surface area contributed by atoms with E-state index in [-0.39, 0.29) is 11.6 Å². The zero-order chi connectivity index (χ0) is 23.2. The summed E-state index contributed by atoms with van der Waals surface area (Å²) in [5, 5.41) is 1.56.